The molecular formula is C14H16O6. The molecule has 1 N–H and O–H groups in total. The third kappa shape index (κ3) is 2.68. The predicted octanol–water partition coefficient (Wildman–Crippen LogP) is 1.40. The molecule has 0 atom stereocenters. The van der Waals surface area contributed by atoms with Crippen LogP contribution in [0.4, 0.5) is 0 Å². The van der Waals surface area contributed by atoms with Crippen molar-refractivity contribution in [2.75, 3.05) is 7.11 Å². The molecule has 0 aliphatic carbocycles. The van der Waals surface area contributed by atoms with Gasteiger partial charge in [-0.25, -0.2) is 0 Å². The molecule has 108 valence electrons. The molecule has 0 spiro atoms. The van der Waals surface area contributed by atoms with Gasteiger partial charge < -0.3 is 19.3 Å². The molecule has 0 saturated carbocycles. The van der Waals surface area contributed by atoms with E-state index < -0.39 is 23.6 Å². The van der Waals surface area contributed by atoms with Crippen LogP contribution < -0.4 is 4.74 Å². The monoisotopic (exact) mass is 280 g/mol. The van der Waals surface area contributed by atoms with Gasteiger partial charge in [-0.15, -0.1) is 0 Å². The lowest BCUT2D eigenvalue weighted by Crippen LogP contribution is -2.46. The third-order valence-corrected chi connectivity index (χ3v) is 2.97. The summed E-state index contributed by atoms with van der Waals surface area (Å²) in [5.74, 6) is -3.40. The number of methoxy groups -OCH3 is 1. The van der Waals surface area contributed by atoms with Crippen molar-refractivity contribution < 1.29 is 28.9 Å². The molecule has 1 saturated heterocycles. The molecule has 20 heavy (non-hydrogen) atoms. The van der Waals surface area contributed by atoms with Crippen LogP contribution in [-0.2, 0) is 25.5 Å². The average Bonchev–Trinajstić information content (AvgIpc) is 2.32. The number of para-hydroxylation sites is 1. The first kappa shape index (κ1) is 14.2. The van der Waals surface area contributed by atoms with Crippen LogP contribution in [0.15, 0.2) is 18.2 Å². The molecule has 0 aromatic heterocycles. The maximum absolute atomic E-state index is 11.9. The quantitative estimate of drug-likeness (QED) is 0.665. The summed E-state index contributed by atoms with van der Waals surface area (Å²) in [4.78, 5) is 23.8. The lowest BCUT2D eigenvalue weighted by molar-refractivity contribution is -0.239. The molecule has 0 bridgehead atoms. The van der Waals surface area contributed by atoms with Crippen molar-refractivity contribution in [1.29, 1.82) is 0 Å². The Morgan fingerprint density at radius 3 is 2.40 bits per heavy atom. The Morgan fingerprint density at radius 2 is 1.85 bits per heavy atom. The Kier molecular flexibility index (Phi) is 3.57. The van der Waals surface area contributed by atoms with Crippen LogP contribution in [0.1, 0.15) is 19.4 Å². The number of carbonyl (C=O) groups excluding carboxylic acids is 2. The van der Waals surface area contributed by atoms with Crippen LogP contribution in [0.5, 0.6) is 11.5 Å². The first-order valence-electron chi connectivity index (χ1n) is 6.14. The van der Waals surface area contributed by atoms with Gasteiger partial charge >= 0.3 is 11.9 Å². The minimum absolute atomic E-state index is 0.0469. The van der Waals surface area contributed by atoms with Gasteiger partial charge in [-0.05, 0) is 11.6 Å². The normalized spacial score (nSPS) is 18.4. The summed E-state index contributed by atoms with van der Waals surface area (Å²) >= 11 is 0. The van der Waals surface area contributed by atoms with E-state index in [0.29, 0.717) is 5.56 Å². The zero-order valence-corrected chi connectivity index (χ0v) is 11.5. The highest BCUT2D eigenvalue weighted by molar-refractivity contribution is 5.97. The van der Waals surface area contributed by atoms with E-state index in [4.69, 9.17) is 14.2 Å². The van der Waals surface area contributed by atoms with Gasteiger partial charge in [-0.1, -0.05) is 12.1 Å². The smallest absolute Gasteiger partial charge is 0.323 e. The van der Waals surface area contributed by atoms with Crippen molar-refractivity contribution in [3.8, 4) is 11.5 Å². The average molecular weight is 280 g/mol. The van der Waals surface area contributed by atoms with E-state index >= 15 is 0 Å². The van der Waals surface area contributed by atoms with Gasteiger partial charge in [0.1, 0.15) is 0 Å². The van der Waals surface area contributed by atoms with Crippen LogP contribution in [-0.4, -0.2) is 29.9 Å². The Hall–Kier alpha value is -2.24. The predicted molar refractivity (Wildman–Crippen MR) is 68.1 cm³/mol. The van der Waals surface area contributed by atoms with Crippen LogP contribution in [0.2, 0.25) is 0 Å². The second-order valence-corrected chi connectivity index (χ2v) is 4.97. The van der Waals surface area contributed by atoms with Crippen LogP contribution >= 0.6 is 0 Å². The molecule has 0 unspecified atom stereocenters. The lowest BCUT2D eigenvalue weighted by atomic mass is 9.97. The summed E-state index contributed by atoms with van der Waals surface area (Å²) < 4.78 is 15.2. The van der Waals surface area contributed by atoms with Gasteiger partial charge in [-0.2, -0.15) is 0 Å². The van der Waals surface area contributed by atoms with E-state index in [1.54, 1.807) is 12.1 Å². The SMILES string of the molecule is COc1c(O)cccc1CC1C(=O)OC(C)(C)OC1=O. The summed E-state index contributed by atoms with van der Waals surface area (Å²) in [6, 6.07) is 4.73. The van der Waals surface area contributed by atoms with E-state index in [9.17, 15) is 14.7 Å². The minimum Gasteiger partial charge on any atom is -0.504 e. The summed E-state index contributed by atoms with van der Waals surface area (Å²) in [5, 5.41) is 9.68. The fourth-order valence-corrected chi connectivity index (χ4v) is 2.10. The fourth-order valence-electron chi connectivity index (χ4n) is 2.10. The molecule has 1 aromatic carbocycles. The Balaban J connectivity index is 2.24. The number of rotatable bonds is 3. The number of phenolic OH excluding ortho intramolecular Hbond substituents is 1. The number of hydrogen-bond acceptors (Lipinski definition) is 6. The minimum atomic E-state index is -1.24. The first-order chi connectivity index (χ1) is 9.34. The molecule has 2 rings (SSSR count). The van der Waals surface area contributed by atoms with Crippen molar-refractivity contribution in [2.24, 2.45) is 5.92 Å². The number of benzene rings is 1. The largest absolute Gasteiger partial charge is 0.504 e. The molecular weight excluding hydrogens is 264 g/mol. The summed E-state index contributed by atoms with van der Waals surface area (Å²) in [7, 11) is 1.40. The molecule has 6 nitrogen and oxygen atoms in total. The van der Waals surface area contributed by atoms with E-state index in [1.807, 2.05) is 0 Å². The van der Waals surface area contributed by atoms with Crippen LogP contribution in [0.25, 0.3) is 0 Å². The van der Waals surface area contributed by atoms with Crippen molar-refractivity contribution in [2.45, 2.75) is 26.1 Å². The molecule has 6 heteroatoms. The number of aromatic hydroxyl groups is 1. The molecule has 1 aliphatic rings. The lowest BCUT2D eigenvalue weighted by Gasteiger charge is -2.33. The second-order valence-electron chi connectivity index (χ2n) is 4.97. The number of carbonyl (C=O) groups is 2. The summed E-state index contributed by atoms with van der Waals surface area (Å²) in [5.41, 5.74) is 0.533. The molecule has 1 aromatic rings. The number of cyclic esters (lactones) is 2. The van der Waals surface area contributed by atoms with Crippen molar-refractivity contribution in [1.82, 2.24) is 0 Å². The van der Waals surface area contributed by atoms with Gasteiger partial charge in [0.25, 0.3) is 5.79 Å². The number of phenols is 1. The molecule has 1 heterocycles. The zero-order valence-electron chi connectivity index (χ0n) is 11.5. The van der Waals surface area contributed by atoms with E-state index in [-0.39, 0.29) is 17.9 Å². The Morgan fingerprint density at radius 1 is 1.25 bits per heavy atom. The molecule has 0 amide bonds. The van der Waals surface area contributed by atoms with Crippen LogP contribution in [0, 0.1) is 5.92 Å². The van der Waals surface area contributed by atoms with E-state index in [1.165, 1.54) is 27.0 Å². The van der Waals surface area contributed by atoms with Crippen molar-refractivity contribution in [3.63, 3.8) is 0 Å². The Bertz CT molecular complexity index is 529. The van der Waals surface area contributed by atoms with Crippen molar-refractivity contribution in [3.05, 3.63) is 23.8 Å². The second kappa shape index (κ2) is 5.03. The van der Waals surface area contributed by atoms with Gasteiger partial charge in [0.05, 0.1) is 7.11 Å². The maximum Gasteiger partial charge on any atom is 0.323 e. The highest BCUT2D eigenvalue weighted by atomic mass is 16.7. The highest BCUT2D eigenvalue weighted by Gasteiger charge is 2.43. The first-order valence-corrected chi connectivity index (χ1v) is 6.14. The van der Waals surface area contributed by atoms with Crippen molar-refractivity contribution >= 4 is 11.9 Å². The summed E-state index contributed by atoms with van der Waals surface area (Å²) in [6.07, 6.45) is 0.0469. The van der Waals surface area contributed by atoms with E-state index in [2.05, 4.69) is 0 Å². The van der Waals surface area contributed by atoms with Gasteiger partial charge in [0.15, 0.2) is 17.4 Å². The third-order valence-electron chi connectivity index (χ3n) is 2.97. The topological polar surface area (TPSA) is 82.1 Å². The fraction of sp³-hybridized carbons (Fsp3) is 0.429. The number of esters is 2. The van der Waals surface area contributed by atoms with Gasteiger partial charge in [-0.3, -0.25) is 9.59 Å². The maximum atomic E-state index is 11.9. The molecule has 1 fully saturated rings. The number of hydrogen-bond donors (Lipinski definition) is 1. The molecule has 1 aliphatic heterocycles. The summed E-state index contributed by atoms with van der Waals surface area (Å²) in [6.45, 7) is 2.99. The standard InChI is InChI=1S/C14H16O6/c1-14(2)19-12(16)9(13(17)20-14)7-8-5-4-6-10(15)11(8)18-3/h4-6,9,15H,7H2,1-3H3. The molecule has 0 radical (unpaired) electrons. The zero-order chi connectivity index (χ0) is 14.9. The van der Waals surface area contributed by atoms with Gasteiger partial charge in [0, 0.05) is 20.3 Å². The van der Waals surface area contributed by atoms with Crippen LogP contribution in [0.3, 0.4) is 0 Å². The highest BCUT2D eigenvalue weighted by Crippen LogP contribution is 2.33. The van der Waals surface area contributed by atoms with Gasteiger partial charge in [0.2, 0.25) is 0 Å². The Labute approximate surface area is 116 Å². The van der Waals surface area contributed by atoms with E-state index in [0.717, 1.165) is 0 Å². The number of ether oxygens (including phenoxy) is 3.